The molecule has 0 aliphatic carbocycles. The van der Waals surface area contributed by atoms with E-state index in [2.05, 4.69) is 0 Å². The predicted octanol–water partition coefficient (Wildman–Crippen LogP) is 1.63. The first-order chi connectivity index (χ1) is 6.37. The van der Waals surface area contributed by atoms with Gasteiger partial charge in [-0.05, 0) is 33.6 Å². The van der Waals surface area contributed by atoms with Crippen molar-refractivity contribution in [3.63, 3.8) is 0 Å². The van der Waals surface area contributed by atoms with Crippen molar-refractivity contribution < 1.29 is 14.6 Å². The van der Waals surface area contributed by atoms with Gasteiger partial charge in [0.05, 0.1) is 0 Å². The molecule has 0 aliphatic heterocycles. The van der Waals surface area contributed by atoms with Gasteiger partial charge in [0.1, 0.15) is 5.60 Å². The average Bonchev–Trinajstić information content (AvgIpc) is 2.01. The minimum atomic E-state index is -0.442. The van der Waals surface area contributed by atoms with Gasteiger partial charge >= 0.3 is 6.09 Å². The lowest BCUT2D eigenvalue weighted by Crippen LogP contribution is -2.34. The minimum absolute atomic E-state index is 0.169. The molecule has 84 valence electrons. The number of hydrogen-bond donors (Lipinski definition) is 1. The second kappa shape index (κ2) is 5.86. The third-order valence-corrected chi connectivity index (χ3v) is 1.61. The highest BCUT2D eigenvalue weighted by molar-refractivity contribution is 5.67. The molecule has 14 heavy (non-hydrogen) atoms. The molecule has 0 aromatic rings. The van der Waals surface area contributed by atoms with Crippen molar-refractivity contribution in [1.82, 2.24) is 4.90 Å². The Morgan fingerprint density at radius 2 is 1.93 bits per heavy atom. The third-order valence-electron chi connectivity index (χ3n) is 1.61. The van der Waals surface area contributed by atoms with Crippen molar-refractivity contribution in [1.29, 1.82) is 0 Å². The molecule has 0 aromatic heterocycles. The van der Waals surface area contributed by atoms with Crippen molar-refractivity contribution in [3.05, 3.63) is 0 Å². The normalized spacial score (nSPS) is 11.2. The number of carbonyl (C=O) groups excluding carboxylic acids is 1. The highest BCUT2D eigenvalue weighted by Gasteiger charge is 2.18. The highest BCUT2D eigenvalue weighted by Crippen LogP contribution is 2.09. The summed E-state index contributed by atoms with van der Waals surface area (Å²) in [6.07, 6.45) is 1.20. The minimum Gasteiger partial charge on any atom is -0.444 e. The van der Waals surface area contributed by atoms with E-state index in [0.29, 0.717) is 13.0 Å². The molecule has 0 fully saturated rings. The van der Waals surface area contributed by atoms with Crippen LogP contribution in [-0.4, -0.2) is 41.9 Å². The summed E-state index contributed by atoms with van der Waals surface area (Å²) in [5, 5.41) is 8.57. The van der Waals surface area contributed by atoms with Gasteiger partial charge in [-0.3, -0.25) is 0 Å². The SMILES string of the molecule is CN(CCCCO)C(=O)OC(C)(C)C. The number of carbonyl (C=O) groups is 1. The molecule has 0 radical (unpaired) electrons. The summed E-state index contributed by atoms with van der Waals surface area (Å²) in [5.41, 5.74) is -0.442. The first-order valence-corrected chi connectivity index (χ1v) is 4.92. The van der Waals surface area contributed by atoms with Crippen LogP contribution in [0, 0.1) is 0 Å². The first kappa shape index (κ1) is 13.2. The van der Waals surface area contributed by atoms with Crippen LogP contribution in [0.4, 0.5) is 4.79 Å². The third kappa shape index (κ3) is 6.71. The first-order valence-electron chi connectivity index (χ1n) is 4.92. The fourth-order valence-electron chi connectivity index (χ4n) is 0.892. The fraction of sp³-hybridized carbons (Fsp3) is 0.900. The molecule has 0 bridgehead atoms. The summed E-state index contributed by atoms with van der Waals surface area (Å²) < 4.78 is 5.15. The summed E-state index contributed by atoms with van der Waals surface area (Å²) in [6, 6.07) is 0. The lowest BCUT2D eigenvalue weighted by Gasteiger charge is -2.24. The van der Waals surface area contributed by atoms with E-state index in [4.69, 9.17) is 9.84 Å². The average molecular weight is 203 g/mol. The number of nitrogens with zero attached hydrogens (tertiary/aromatic N) is 1. The lowest BCUT2D eigenvalue weighted by molar-refractivity contribution is 0.0294. The summed E-state index contributed by atoms with van der Waals surface area (Å²) in [6.45, 7) is 6.31. The quantitative estimate of drug-likeness (QED) is 0.706. The van der Waals surface area contributed by atoms with Crippen LogP contribution in [0.25, 0.3) is 0 Å². The molecule has 4 heteroatoms. The molecular formula is C10H21NO3. The molecule has 0 atom stereocenters. The molecule has 1 N–H and O–H groups in total. The number of aliphatic hydroxyl groups excluding tert-OH is 1. The van der Waals surface area contributed by atoms with Gasteiger partial charge in [0.2, 0.25) is 0 Å². The second-order valence-corrected chi connectivity index (χ2v) is 4.33. The van der Waals surface area contributed by atoms with Crippen LogP contribution in [0.2, 0.25) is 0 Å². The van der Waals surface area contributed by atoms with Gasteiger partial charge in [0.25, 0.3) is 0 Å². The zero-order valence-electron chi connectivity index (χ0n) is 9.54. The van der Waals surface area contributed by atoms with Crippen molar-refractivity contribution in [2.24, 2.45) is 0 Å². The van der Waals surface area contributed by atoms with Crippen molar-refractivity contribution in [2.75, 3.05) is 20.2 Å². The molecule has 0 spiro atoms. The van der Waals surface area contributed by atoms with E-state index in [1.54, 1.807) is 7.05 Å². The Labute approximate surface area is 85.9 Å². The largest absolute Gasteiger partial charge is 0.444 e. The van der Waals surface area contributed by atoms with Gasteiger partial charge < -0.3 is 14.7 Å². The Hall–Kier alpha value is -0.770. The van der Waals surface area contributed by atoms with E-state index in [9.17, 15) is 4.79 Å². The molecular weight excluding hydrogens is 182 g/mol. The molecule has 0 aliphatic rings. The molecule has 0 saturated heterocycles. The van der Waals surface area contributed by atoms with Crippen LogP contribution in [-0.2, 0) is 4.74 Å². The Morgan fingerprint density at radius 3 is 2.36 bits per heavy atom. The van der Waals surface area contributed by atoms with Gasteiger partial charge in [0.15, 0.2) is 0 Å². The lowest BCUT2D eigenvalue weighted by atomic mass is 10.2. The van der Waals surface area contributed by atoms with Gasteiger partial charge in [-0.25, -0.2) is 4.79 Å². The van der Waals surface area contributed by atoms with Gasteiger partial charge in [-0.1, -0.05) is 0 Å². The Kier molecular flexibility index (Phi) is 5.53. The van der Waals surface area contributed by atoms with Crippen LogP contribution >= 0.6 is 0 Å². The summed E-state index contributed by atoms with van der Waals surface area (Å²) >= 11 is 0. The highest BCUT2D eigenvalue weighted by atomic mass is 16.6. The molecule has 4 nitrogen and oxygen atoms in total. The van der Waals surface area contributed by atoms with Crippen molar-refractivity contribution in [3.8, 4) is 0 Å². The Morgan fingerprint density at radius 1 is 1.36 bits per heavy atom. The smallest absolute Gasteiger partial charge is 0.410 e. The van der Waals surface area contributed by atoms with Gasteiger partial charge in [-0.15, -0.1) is 0 Å². The number of rotatable bonds is 4. The number of unbranched alkanes of at least 4 members (excludes halogenated alkanes) is 1. The second-order valence-electron chi connectivity index (χ2n) is 4.33. The maximum absolute atomic E-state index is 11.4. The van der Waals surface area contributed by atoms with Gasteiger partial charge in [-0.2, -0.15) is 0 Å². The van der Waals surface area contributed by atoms with Crippen LogP contribution < -0.4 is 0 Å². The number of amides is 1. The molecule has 0 rings (SSSR count). The Bertz CT molecular complexity index is 175. The molecule has 1 amide bonds. The van der Waals surface area contributed by atoms with Crippen LogP contribution in [0.1, 0.15) is 33.6 Å². The molecule has 0 unspecified atom stereocenters. The van der Waals surface area contributed by atoms with Crippen molar-refractivity contribution >= 4 is 6.09 Å². The van der Waals surface area contributed by atoms with Gasteiger partial charge in [0, 0.05) is 20.2 Å². The zero-order chi connectivity index (χ0) is 11.2. The van der Waals surface area contributed by atoms with Crippen LogP contribution in [0.15, 0.2) is 0 Å². The van der Waals surface area contributed by atoms with E-state index < -0.39 is 5.60 Å². The maximum atomic E-state index is 11.4. The predicted molar refractivity (Wildman–Crippen MR) is 55.2 cm³/mol. The topological polar surface area (TPSA) is 49.8 Å². The number of hydrogen-bond acceptors (Lipinski definition) is 3. The van der Waals surface area contributed by atoms with E-state index in [0.717, 1.165) is 6.42 Å². The van der Waals surface area contributed by atoms with Crippen LogP contribution in [0.5, 0.6) is 0 Å². The molecule has 0 aromatic carbocycles. The summed E-state index contributed by atoms with van der Waals surface area (Å²) in [4.78, 5) is 12.9. The number of ether oxygens (including phenoxy) is 1. The summed E-state index contributed by atoms with van der Waals surface area (Å²) in [5.74, 6) is 0. The molecule has 0 saturated carbocycles. The summed E-state index contributed by atoms with van der Waals surface area (Å²) in [7, 11) is 1.70. The van der Waals surface area contributed by atoms with E-state index in [-0.39, 0.29) is 12.7 Å². The van der Waals surface area contributed by atoms with Crippen LogP contribution in [0.3, 0.4) is 0 Å². The maximum Gasteiger partial charge on any atom is 0.410 e. The zero-order valence-corrected chi connectivity index (χ0v) is 9.54. The van der Waals surface area contributed by atoms with E-state index in [1.165, 1.54) is 4.90 Å². The van der Waals surface area contributed by atoms with Crippen molar-refractivity contribution in [2.45, 2.75) is 39.2 Å². The standard InChI is InChI=1S/C10H21NO3/c1-10(2,3)14-9(13)11(4)7-5-6-8-12/h12H,5-8H2,1-4H3. The monoisotopic (exact) mass is 203 g/mol. The van der Waals surface area contributed by atoms with E-state index >= 15 is 0 Å². The van der Waals surface area contributed by atoms with E-state index in [1.807, 2.05) is 20.8 Å². The fourth-order valence-corrected chi connectivity index (χ4v) is 0.892. The Balaban J connectivity index is 3.77. The number of aliphatic hydroxyl groups is 1. The molecule has 0 heterocycles.